The van der Waals surface area contributed by atoms with Crippen LogP contribution in [0.25, 0.3) is 0 Å². The molecule has 21 heavy (non-hydrogen) atoms. The monoisotopic (exact) mass is 288 g/mol. The van der Waals surface area contributed by atoms with Gasteiger partial charge in [-0.05, 0) is 24.3 Å². The number of carboxylic acid groups (broad SMARTS) is 1. The van der Waals surface area contributed by atoms with Crippen molar-refractivity contribution in [2.75, 3.05) is 11.4 Å². The van der Waals surface area contributed by atoms with E-state index in [-0.39, 0.29) is 12.5 Å². The molecule has 3 aliphatic heterocycles. The average Bonchev–Trinajstić information content (AvgIpc) is 3.08. The topological polar surface area (TPSA) is 69.7 Å². The smallest absolute Gasteiger partial charge is 0.234 e. The van der Waals surface area contributed by atoms with Crippen molar-refractivity contribution in [1.82, 2.24) is 0 Å². The molecule has 0 radical (unpaired) electrons. The fourth-order valence-electron chi connectivity index (χ4n) is 3.61. The molecule has 1 aromatic carbocycles. The van der Waals surface area contributed by atoms with Crippen molar-refractivity contribution < 1.29 is 23.8 Å². The summed E-state index contributed by atoms with van der Waals surface area (Å²) >= 11 is 0. The van der Waals surface area contributed by atoms with Crippen molar-refractivity contribution in [1.29, 1.82) is 0 Å². The molecule has 6 heteroatoms. The molecule has 4 atom stereocenters. The van der Waals surface area contributed by atoms with Crippen LogP contribution in [-0.2, 0) is 14.3 Å². The molecule has 2 saturated heterocycles. The Morgan fingerprint density at radius 3 is 2.76 bits per heavy atom. The largest absolute Gasteiger partial charge is 0.550 e. The summed E-state index contributed by atoms with van der Waals surface area (Å²) in [5, 5.41) is 11.3. The third kappa shape index (κ3) is 1.53. The van der Waals surface area contributed by atoms with E-state index in [0.717, 1.165) is 0 Å². The Balaban J connectivity index is 1.73. The van der Waals surface area contributed by atoms with Gasteiger partial charge in [0.2, 0.25) is 5.91 Å². The number of hydrogen-bond acceptors (Lipinski definition) is 4. The Labute approximate surface area is 119 Å². The summed E-state index contributed by atoms with van der Waals surface area (Å²) in [5.74, 6) is -3.72. The summed E-state index contributed by atoms with van der Waals surface area (Å²) in [6.45, 7) is 0.235. The molecule has 0 unspecified atom stereocenters. The van der Waals surface area contributed by atoms with Crippen LogP contribution in [0.5, 0.6) is 0 Å². The highest BCUT2D eigenvalue weighted by Gasteiger charge is 2.65. The van der Waals surface area contributed by atoms with E-state index < -0.39 is 35.3 Å². The predicted molar refractivity (Wildman–Crippen MR) is 67.5 cm³/mol. The molecule has 108 valence electrons. The van der Waals surface area contributed by atoms with Crippen molar-refractivity contribution in [3.8, 4) is 0 Å². The van der Waals surface area contributed by atoms with Crippen molar-refractivity contribution in [3.05, 3.63) is 42.2 Å². The zero-order valence-electron chi connectivity index (χ0n) is 10.9. The molecule has 0 saturated carbocycles. The molecule has 2 fully saturated rings. The SMILES string of the molecule is O=C([O-])[C@H]1[C@H]2C=C[C@@]3(CN(c4ccc(F)cc4)C(=O)[C@@H]13)O2. The Bertz CT molecular complexity index is 671. The number of aliphatic carboxylic acids is 1. The molecular formula is C15H11FNO4-. The molecule has 4 rings (SSSR count). The van der Waals surface area contributed by atoms with Gasteiger partial charge in [-0.15, -0.1) is 0 Å². The third-order valence-electron chi connectivity index (χ3n) is 4.51. The van der Waals surface area contributed by atoms with E-state index in [1.54, 1.807) is 12.2 Å². The molecule has 3 heterocycles. The van der Waals surface area contributed by atoms with Crippen molar-refractivity contribution in [3.63, 3.8) is 0 Å². The third-order valence-corrected chi connectivity index (χ3v) is 4.51. The van der Waals surface area contributed by atoms with E-state index in [1.807, 2.05) is 0 Å². The Morgan fingerprint density at radius 2 is 2.10 bits per heavy atom. The molecule has 0 N–H and O–H groups in total. The lowest BCUT2D eigenvalue weighted by Crippen LogP contribution is -2.45. The van der Waals surface area contributed by atoms with Gasteiger partial charge in [0.15, 0.2) is 0 Å². The van der Waals surface area contributed by atoms with Crippen LogP contribution < -0.4 is 10.0 Å². The van der Waals surface area contributed by atoms with Gasteiger partial charge in [0.1, 0.15) is 11.4 Å². The summed E-state index contributed by atoms with van der Waals surface area (Å²) in [6, 6.07) is 5.52. The molecule has 0 aliphatic carbocycles. The lowest BCUT2D eigenvalue weighted by atomic mass is 9.77. The molecule has 1 amide bonds. The molecule has 0 aromatic heterocycles. The molecule has 2 bridgehead atoms. The first-order valence-corrected chi connectivity index (χ1v) is 6.67. The maximum Gasteiger partial charge on any atom is 0.234 e. The van der Waals surface area contributed by atoms with Crippen LogP contribution in [0.4, 0.5) is 10.1 Å². The normalized spacial score (nSPS) is 36.3. The minimum atomic E-state index is -1.27. The van der Waals surface area contributed by atoms with Crippen LogP contribution >= 0.6 is 0 Å². The highest BCUT2D eigenvalue weighted by molar-refractivity contribution is 6.02. The van der Waals surface area contributed by atoms with Crippen LogP contribution in [0.2, 0.25) is 0 Å². The molecule has 5 nitrogen and oxygen atoms in total. The van der Waals surface area contributed by atoms with E-state index in [2.05, 4.69) is 0 Å². The van der Waals surface area contributed by atoms with Gasteiger partial charge in [-0.1, -0.05) is 12.2 Å². The number of hydrogen-bond donors (Lipinski definition) is 0. The lowest BCUT2D eigenvalue weighted by molar-refractivity contribution is -0.313. The second-order valence-corrected chi connectivity index (χ2v) is 5.62. The van der Waals surface area contributed by atoms with Crippen LogP contribution in [0.3, 0.4) is 0 Å². The summed E-state index contributed by atoms with van der Waals surface area (Å²) < 4.78 is 18.7. The van der Waals surface area contributed by atoms with Gasteiger partial charge in [-0.25, -0.2) is 4.39 Å². The molecular weight excluding hydrogens is 277 g/mol. The highest BCUT2D eigenvalue weighted by Crippen LogP contribution is 2.52. The predicted octanol–water partition coefficient (Wildman–Crippen LogP) is -0.138. The van der Waals surface area contributed by atoms with Gasteiger partial charge in [0.05, 0.1) is 18.6 Å². The quantitative estimate of drug-likeness (QED) is 0.710. The van der Waals surface area contributed by atoms with Gasteiger partial charge in [-0.3, -0.25) is 4.79 Å². The number of ether oxygens (including phenoxy) is 1. The number of halogens is 1. The number of carbonyl (C=O) groups is 2. The number of fused-ring (bicyclic) bond motifs is 1. The van der Waals surface area contributed by atoms with Crippen LogP contribution in [0, 0.1) is 17.7 Å². The van der Waals surface area contributed by atoms with E-state index in [4.69, 9.17) is 4.74 Å². The Morgan fingerprint density at radius 1 is 1.38 bits per heavy atom. The van der Waals surface area contributed by atoms with Crippen LogP contribution in [0.15, 0.2) is 36.4 Å². The summed E-state index contributed by atoms with van der Waals surface area (Å²) in [5.41, 5.74) is -0.372. The van der Waals surface area contributed by atoms with Gasteiger partial charge in [0, 0.05) is 17.6 Å². The second kappa shape index (κ2) is 3.92. The zero-order chi connectivity index (χ0) is 14.8. The number of rotatable bonds is 2. The Hall–Kier alpha value is -2.21. The van der Waals surface area contributed by atoms with Gasteiger partial charge in [0.25, 0.3) is 0 Å². The van der Waals surface area contributed by atoms with Crippen molar-refractivity contribution in [2.24, 2.45) is 11.8 Å². The van der Waals surface area contributed by atoms with Crippen LogP contribution in [0.1, 0.15) is 0 Å². The fourth-order valence-corrected chi connectivity index (χ4v) is 3.61. The minimum absolute atomic E-state index is 0.235. The summed E-state index contributed by atoms with van der Waals surface area (Å²) in [7, 11) is 0. The summed E-state index contributed by atoms with van der Waals surface area (Å²) in [6.07, 6.45) is 2.85. The first-order chi connectivity index (χ1) is 10.0. The average molecular weight is 288 g/mol. The first-order valence-electron chi connectivity index (χ1n) is 6.67. The highest BCUT2D eigenvalue weighted by atomic mass is 19.1. The number of carboxylic acids is 1. The number of benzene rings is 1. The van der Waals surface area contributed by atoms with Gasteiger partial charge in [-0.2, -0.15) is 0 Å². The first kappa shape index (κ1) is 12.5. The maximum absolute atomic E-state index is 13.0. The standard InChI is InChI=1S/C15H12FNO4/c16-8-1-3-9(4-2-8)17-7-15-6-5-10(21-15)11(14(19)20)12(15)13(17)18/h1-6,10-12H,7H2,(H,19,20)/p-1/t10-,11+,12-,15+/m1/s1. The Kier molecular flexibility index (Phi) is 2.34. The van der Waals surface area contributed by atoms with Crippen molar-refractivity contribution >= 4 is 17.6 Å². The summed E-state index contributed by atoms with van der Waals surface area (Å²) in [4.78, 5) is 25.4. The number of anilines is 1. The molecule has 1 spiro atoms. The van der Waals surface area contributed by atoms with E-state index in [1.165, 1.54) is 29.2 Å². The molecule has 3 aliphatic rings. The number of nitrogens with zero attached hydrogens (tertiary/aromatic N) is 1. The van der Waals surface area contributed by atoms with E-state index in [9.17, 15) is 19.1 Å². The van der Waals surface area contributed by atoms with Gasteiger partial charge >= 0.3 is 0 Å². The zero-order valence-corrected chi connectivity index (χ0v) is 10.9. The van der Waals surface area contributed by atoms with Gasteiger partial charge < -0.3 is 19.5 Å². The minimum Gasteiger partial charge on any atom is -0.550 e. The number of amides is 1. The molecule has 1 aromatic rings. The lowest BCUT2D eigenvalue weighted by Gasteiger charge is -2.24. The fraction of sp³-hybridized carbons (Fsp3) is 0.333. The van der Waals surface area contributed by atoms with E-state index in [0.29, 0.717) is 5.69 Å². The van der Waals surface area contributed by atoms with Crippen molar-refractivity contribution in [2.45, 2.75) is 11.7 Å². The van der Waals surface area contributed by atoms with E-state index >= 15 is 0 Å². The second-order valence-electron chi connectivity index (χ2n) is 5.62. The van der Waals surface area contributed by atoms with Crippen LogP contribution in [-0.4, -0.2) is 30.1 Å². The number of carbonyl (C=O) groups excluding carboxylic acids is 2. The maximum atomic E-state index is 13.0.